The molecule has 0 radical (unpaired) electrons. The molecule has 1 unspecified atom stereocenters. The number of likely N-dealkylation sites (tertiary alicyclic amines) is 1. The molecule has 26 heavy (non-hydrogen) atoms. The fourth-order valence-corrected chi connectivity index (χ4v) is 5.64. The first-order valence-corrected chi connectivity index (χ1v) is 9.78. The van der Waals surface area contributed by atoms with Crippen LogP contribution in [0.3, 0.4) is 0 Å². The maximum absolute atomic E-state index is 11.9. The van der Waals surface area contributed by atoms with Crippen LogP contribution in [0, 0.1) is 5.92 Å². The summed E-state index contributed by atoms with van der Waals surface area (Å²) in [5.41, 5.74) is 3.75. The van der Waals surface area contributed by atoms with Gasteiger partial charge in [0.1, 0.15) is 0 Å². The van der Waals surface area contributed by atoms with Crippen molar-refractivity contribution in [1.29, 1.82) is 0 Å². The van der Waals surface area contributed by atoms with E-state index < -0.39 is 0 Å². The number of nitrogens with zero attached hydrogens (tertiary/aromatic N) is 2. The largest absolute Gasteiger partial charge is 0.493 e. The molecule has 3 aromatic rings. The normalized spacial score (nSPS) is 25.5. The molecule has 136 valence electrons. The summed E-state index contributed by atoms with van der Waals surface area (Å²) in [6.45, 7) is 1.58. The van der Waals surface area contributed by atoms with E-state index in [0.717, 1.165) is 24.0 Å². The molecule has 3 atom stereocenters. The molecule has 3 heterocycles. The van der Waals surface area contributed by atoms with Gasteiger partial charge in [0, 0.05) is 36.0 Å². The van der Waals surface area contributed by atoms with Crippen molar-refractivity contribution in [1.82, 2.24) is 19.4 Å². The van der Waals surface area contributed by atoms with Gasteiger partial charge < -0.3 is 15.0 Å². The molecule has 2 aromatic heterocycles. The lowest BCUT2D eigenvalue weighted by molar-refractivity contribution is 0.103. The summed E-state index contributed by atoms with van der Waals surface area (Å²) in [7, 11) is 2.19. The van der Waals surface area contributed by atoms with Crippen molar-refractivity contribution in [3.8, 4) is 5.88 Å². The minimum Gasteiger partial charge on any atom is -0.493 e. The van der Waals surface area contributed by atoms with E-state index in [9.17, 15) is 9.90 Å². The van der Waals surface area contributed by atoms with Gasteiger partial charge in [-0.1, -0.05) is 12.1 Å². The van der Waals surface area contributed by atoms with Crippen LogP contribution in [0.5, 0.6) is 5.88 Å². The summed E-state index contributed by atoms with van der Waals surface area (Å²) < 4.78 is 2.69. The molecule has 5 rings (SSSR count). The fraction of sp³-hybridized carbons (Fsp3) is 0.421. The van der Waals surface area contributed by atoms with Crippen molar-refractivity contribution < 1.29 is 5.11 Å². The molecule has 1 aliphatic heterocycles. The molecule has 2 aliphatic rings. The van der Waals surface area contributed by atoms with Crippen molar-refractivity contribution >= 4 is 26.8 Å². The molecule has 1 saturated heterocycles. The number of aromatic hydroxyl groups is 1. The molecular formula is C19H21BrN4O2. The second-order valence-corrected chi connectivity index (χ2v) is 8.50. The van der Waals surface area contributed by atoms with Gasteiger partial charge in [0.2, 0.25) is 5.88 Å². The third-order valence-electron chi connectivity index (χ3n) is 6.11. The van der Waals surface area contributed by atoms with Gasteiger partial charge in [-0.05, 0) is 58.9 Å². The molecule has 1 aliphatic carbocycles. The zero-order valence-electron chi connectivity index (χ0n) is 14.5. The summed E-state index contributed by atoms with van der Waals surface area (Å²) in [6, 6.07) is 7.01. The van der Waals surface area contributed by atoms with Crippen LogP contribution in [-0.4, -0.2) is 44.2 Å². The van der Waals surface area contributed by atoms with Crippen LogP contribution in [0.4, 0.5) is 0 Å². The lowest BCUT2D eigenvalue weighted by Crippen LogP contribution is -2.49. The summed E-state index contributed by atoms with van der Waals surface area (Å²) in [6.07, 6.45) is 3.59. The Morgan fingerprint density at radius 1 is 1.35 bits per heavy atom. The van der Waals surface area contributed by atoms with Crippen LogP contribution >= 0.6 is 15.9 Å². The predicted molar refractivity (Wildman–Crippen MR) is 104 cm³/mol. The Hall–Kier alpha value is -1.99. The Balaban J connectivity index is 1.52. The first-order valence-electron chi connectivity index (χ1n) is 8.99. The van der Waals surface area contributed by atoms with Gasteiger partial charge in [-0.15, -0.1) is 0 Å². The number of likely N-dealkylation sites (N-methyl/N-ethyl adjacent to an activating group) is 1. The number of imidazole rings is 1. The van der Waals surface area contributed by atoms with E-state index in [1.807, 2.05) is 0 Å². The van der Waals surface area contributed by atoms with E-state index in [0.29, 0.717) is 24.4 Å². The van der Waals surface area contributed by atoms with E-state index >= 15 is 0 Å². The van der Waals surface area contributed by atoms with Gasteiger partial charge in [-0.25, -0.2) is 4.79 Å². The first-order chi connectivity index (χ1) is 12.5. The van der Waals surface area contributed by atoms with E-state index in [4.69, 9.17) is 0 Å². The second kappa shape index (κ2) is 5.76. The van der Waals surface area contributed by atoms with Crippen molar-refractivity contribution in [2.75, 3.05) is 13.6 Å². The van der Waals surface area contributed by atoms with E-state index in [2.05, 4.69) is 56.0 Å². The summed E-state index contributed by atoms with van der Waals surface area (Å²) in [5.74, 6) is 0.760. The molecular weight excluding hydrogens is 396 g/mol. The van der Waals surface area contributed by atoms with Crippen LogP contribution in [-0.2, 0) is 13.0 Å². The third kappa shape index (κ3) is 2.37. The lowest BCUT2D eigenvalue weighted by Gasteiger charge is -2.45. The molecule has 3 N–H and O–H groups in total. The topological polar surface area (TPSA) is 77.0 Å². The maximum Gasteiger partial charge on any atom is 0.328 e. The second-order valence-electron chi connectivity index (χ2n) is 7.70. The highest BCUT2D eigenvalue weighted by Gasteiger charge is 2.40. The quantitative estimate of drug-likeness (QED) is 0.600. The molecule has 6 nitrogen and oxygen atoms in total. The number of hydrogen-bond acceptors (Lipinski definition) is 3. The fourth-order valence-electron chi connectivity index (χ4n) is 5.06. The van der Waals surface area contributed by atoms with E-state index in [1.165, 1.54) is 28.2 Å². The summed E-state index contributed by atoms with van der Waals surface area (Å²) in [4.78, 5) is 20.3. The average molecular weight is 417 g/mol. The van der Waals surface area contributed by atoms with Gasteiger partial charge in [0.05, 0.1) is 10.8 Å². The average Bonchev–Trinajstić information content (AvgIpc) is 3.08. The van der Waals surface area contributed by atoms with Gasteiger partial charge in [0.25, 0.3) is 0 Å². The van der Waals surface area contributed by atoms with Crippen LogP contribution in [0.1, 0.15) is 23.5 Å². The standard InChI is InChI=1S/C19H21BrN4O2/c1-23-7-10(8-24-9-16(25)22-19(24)26)5-12-11-3-2-4-14-17(11)13(6-15(12)23)18(20)21-14/h2-4,9-10,12,15,21,25H,5-8H2,1H3,(H,22,26)/t10?,12-,15-/m1/s1. The lowest BCUT2D eigenvalue weighted by atomic mass is 9.72. The zero-order valence-corrected chi connectivity index (χ0v) is 16.1. The highest BCUT2D eigenvalue weighted by molar-refractivity contribution is 9.10. The van der Waals surface area contributed by atoms with Crippen LogP contribution in [0.2, 0.25) is 0 Å². The van der Waals surface area contributed by atoms with E-state index in [1.54, 1.807) is 4.57 Å². The zero-order chi connectivity index (χ0) is 18.0. The molecule has 0 bridgehead atoms. The number of benzene rings is 1. The van der Waals surface area contributed by atoms with Crippen molar-refractivity contribution in [3.63, 3.8) is 0 Å². The van der Waals surface area contributed by atoms with Gasteiger partial charge >= 0.3 is 5.69 Å². The Morgan fingerprint density at radius 3 is 2.96 bits per heavy atom. The van der Waals surface area contributed by atoms with Crippen LogP contribution < -0.4 is 5.69 Å². The Kier molecular flexibility index (Phi) is 3.59. The predicted octanol–water partition coefficient (Wildman–Crippen LogP) is 2.79. The van der Waals surface area contributed by atoms with E-state index in [-0.39, 0.29) is 11.6 Å². The molecule has 0 saturated carbocycles. The SMILES string of the molecule is CN1CC(Cn2cc(O)[nH]c2=O)C[C@@H]2c3cccc4[nH]c(Br)c(c34)C[C@H]21. The highest BCUT2D eigenvalue weighted by atomic mass is 79.9. The Labute approximate surface area is 159 Å². The Bertz CT molecular complexity index is 1050. The molecule has 1 fully saturated rings. The molecule has 1 aromatic carbocycles. The maximum atomic E-state index is 11.9. The number of piperidine rings is 1. The number of fused-ring (bicyclic) bond motifs is 2. The Morgan fingerprint density at radius 2 is 2.19 bits per heavy atom. The molecule has 7 heteroatoms. The number of rotatable bonds is 2. The number of nitrogens with one attached hydrogen (secondary N) is 2. The number of hydrogen-bond donors (Lipinski definition) is 3. The minimum absolute atomic E-state index is 0.0683. The number of aromatic amines is 2. The monoisotopic (exact) mass is 416 g/mol. The number of aromatic nitrogens is 3. The van der Waals surface area contributed by atoms with Crippen molar-refractivity contribution in [3.05, 3.63) is 50.6 Å². The van der Waals surface area contributed by atoms with Gasteiger partial charge in [0.15, 0.2) is 0 Å². The van der Waals surface area contributed by atoms with Crippen molar-refractivity contribution in [2.24, 2.45) is 5.92 Å². The van der Waals surface area contributed by atoms with Crippen LogP contribution in [0.25, 0.3) is 10.9 Å². The highest BCUT2D eigenvalue weighted by Crippen LogP contribution is 2.46. The van der Waals surface area contributed by atoms with Crippen LogP contribution in [0.15, 0.2) is 33.8 Å². The number of halogens is 1. The van der Waals surface area contributed by atoms with Gasteiger partial charge in [-0.2, -0.15) is 0 Å². The van der Waals surface area contributed by atoms with Crippen molar-refractivity contribution in [2.45, 2.75) is 31.3 Å². The summed E-state index contributed by atoms with van der Waals surface area (Å²) >= 11 is 3.70. The minimum atomic E-state index is -0.241. The summed E-state index contributed by atoms with van der Waals surface area (Å²) in [5, 5.41) is 10.9. The first kappa shape index (κ1) is 16.2. The molecule has 0 amide bonds. The smallest absolute Gasteiger partial charge is 0.328 e. The molecule has 0 spiro atoms. The van der Waals surface area contributed by atoms with Gasteiger partial charge in [-0.3, -0.25) is 9.55 Å². The number of H-pyrrole nitrogens is 2. The third-order valence-corrected chi connectivity index (χ3v) is 6.79.